The normalized spacial score (nSPS) is 10.9. The number of aryl methyl sites for hydroxylation is 3. The number of rotatable bonds is 6. The SMILES string of the molecule is CCCn1nc(C)c(N)c1NCCn1cc(C)cn1. The van der Waals surface area contributed by atoms with E-state index in [1.165, 1.54) is 5.56 Å². The van der Waals surface area contributed by atoms with Crippen LogP contribution in [0.15, 0.2) is 12.4 Å². The minimum Gasteiger partial charge on any atom is -0.394 e. The Hall–Kier alpha value is -1.98. The molecule has 0 aliphatic carbocycles. The molecule has 2 heterocycles. The molecule has 0 aromatic carbocycles. The third kappa shape index (κ3) is 3.07. The van der Waals surface area contributed by atoms with Gasteiger partial charge in [-0.2, -0.15) is 10.2 Å². The van der Waals surface area contributed by atoms with Gasteiger partial charge >= 0.3 is 0 Å². The molecule has 0 saturated heterocycles. The first-order chi connectivity index (χ1) is 9.11. The highest BCUT2D eigenvalue weighted by Gasteiger charge is 2.11. The summed E-state index contributed by atoms with van der Waals surface area (Å²) in [6, 6.07) is 0. The predicted octanol–water partition coefficient (Wildman–Crippen LogP) is 1.80. The van der Waals surface area contributed by atoms with Crippen molar-refractivity contribution in [2.75, 3.05) is 17.6 Å². The number of nitrogens with one attached hydrogen (secondary N) is 1. The molecule has 0 aliphatic rings. The van der Waals surface area contributed by atoms with Gasteiger partial charge in [0.15, 0.2) is 0 Å². The summed E-state index contributed by atoms with van der Waals surface area (Å²) >= 11 is 0. The molecule has 0 bridgehead atoms. The molecule has 0 unspecified atom stereocenters. The van der Waals surface area contributed by atoms with Crippen LogP contribution in [0.3, 0.4) is 0 Å². The Morgan fingerprint density at radius 3 is 2.74 bits per heavy atom. The average molecular weight is 262 g/mol. The number of aromatic nitrogens is 4. The van der Waals surface area contributed by atoms with Gasteiger partial charge in [0.1, 0.15) is 5.82 Å². The fraction of sp³-hybridized carbons (Fsp3) is 0.538. The van der Waals surface area contributed by atoms with Gasteiger partial charge in [-0.15, -0.1) is 0 Å². The van der Waals surface area contributed by atoms with Crippen molar-refractivity contribution in [1.29, 1.82) is 0 Å². The highest BCUT2D eigenvalue weighted by Crippen LogP contribution is 2.22. The maximum Gasteiger partial charge on any atom is 0.148 e. The van der Waals surface area contributed by atoms with E-state index in [0.717, 1.165) is 43.3 Å². The lowest BCUT2D eigenvalue weighted by Gasteiger charge is -2.10. The molecule has 2 aromatic rings. The first-order valence-electron chi connectivity index (χ1n) is 6.67. The third-order valence-electron chi connectivity index (χ3n) is 3.00. The molecule has 2 rings (SSSR count). The lowest BCUT2D eigenvalue weighted by molar-refractivity contribution is 0.594. The van der Waals surface area contributed by atoms with E-state index in [2.05, 4.69) is 22.4 Å². The molecular formula is C13H22N6. The van der Waals surface area contributed by atoms with Crippen LogP contribution in [-0.2, 0) is 13.1 Å². The number of hydrogen-bond acceptors (Lipinski definition) is 4. The van der Waals surface area contributed by atoms with Gasteiger partial charge in [-0.1, -0.05) is 6.92 Å². The van der Waals surface area contributed by atoms with Crippen molar-refractivity contribution in [2.45, 2.75) is 40.3 Å². The van der Waals surface area contributed by atoms with Crippen molar-refractivity contribution < 1.29 is 0 Å². The summed E-state index contributed by atoms with van der Waals surface area (Å²) in [5, 5.41) is 12.1. The van der Waals surface area contributed by atoms with E-state index < -0.39 is 0 Å². The molecule has 0 fully saturated rings. The Bertz CT molecular complexity index is 539. The molecule has 0 amide bonds. The highest BCUT2D eigenvalue weighted by atomic mass is 15.3. The van der Waals surface area contributed by atoms with Crippen molar-refractivity contribution in [3.63, 3.8) is 0 Å². The van der Waals surface area contributed by atoms with E-state index in [-0.39, 0.29) is 0 Å². The zero-order chi connectivity index (χ0) is 13.8. The molecule has 2 aromatic heterocycles. The lowest BCUT2D eigenvalue weighted by atomic mass is 10.4. The molecule has 104 valence electrons. The minimum absolute atomic E-state index is 0.741. The summed E-state index contributed by atoms with van der Waals surface area (Å²) in [5.41, 5.74) is 8.84. The van der Waals surface area contributed by atoms with E-state index in [0.29, 0.717) is 0 Å². The van der Waals surface area contributed by atoms with E-state index >= 15 is 0 Å². The number of nitrogens with two attached hydrogens (primary N) is 1. The van der Waals surface area contributed by atoms with Crippen LogP contribution in [0, 0.1) is 13.8 Å². The average Bonchev–Trinajstić information content (AvgIpc) is 2.89. The second kappa shape index (κ2) is 5.77. The molecule has 0 saturated carbocycles. The Morgan fingerprint density at radius 1 is 1.32 bits per heavy atom. The van der Waals surface area contributed by atoms with Crippen LogP contribution >= 0.6 is 0 Å². The highest BCUT2D eigenvalue weighted by molar-refractivity contribution is 5.64. The summed E-state index contributed by atoms with van der Waals surface area (Å²) in [6.07, 6.45) is 4.92. The minimum atomic E-state index is 0.741. The van der Waals surface area contributed by atoms with Crippen molar-refractivity contribution in [2.24, 2.45) is 0 Å². The maximum atomic E-state index is 6.05. The molecule has 19 heavy (non-hydrogen) atoms. The molecule has 0 radical (unpaired) electrons. The van der Waals surface area contributed by atoms with Crippen LogP contribution in [0.1, 0.15) is 24.6 Å². The molecular weight excluding hydrogens is 240 g/mol. The van der Waals surface area contributed by atoms with Crippen molar-refractivity contribution in [3.8, 4) is 0 Å². The van der Waals surface area contributed by atoms with Crippen LogP contribution in [-0.4, -0.2) is 26.1 Å². The molecule has 6 nitrogen and oxygen atoms in total. The summed E-state index contributed by atoms with van der Waals surface area (Å²) in [5.74, 6) is 0.920. The van der Waals surface area contributed by atoms with E-state index in [1.54, 1.807) is 0 Å². The monoisotopic (exact) mass is 262 g/mol. The smallest absolute Gasteiger partial charge is 0.148 e. The van der Waals surface area contributed by atoms with E-state index in [4.69, 9.17) is 5.73 Å². The van der Waals surface area contributed by atoms with Gasteiger partial charge in [-0.25, -0.2) is 4.68 Å². The second-order valence-corrected chi connectivity index (χ2v) is 4.78. The second-order valence-electron chi connectivity index (χ2n) is 4.78. The number of hydrogen-bond donors (Lipinski definition) is 2. The standard InChI is InChI=1S/C13H22N6/c1-4-6-19-13(12(14)11(3)17-19)15-5-7-18-9-10(2)8-16-18/h8-9,15H,4-7,14H2,1-3H3. The maximum absolute atomic E-state index is 6.05. The first kappa shape index (κ1) is 13.5. The quantitative estimate of drug-likeness (QED) is 0.832. The number of anilines is 2. The Morgan fingerprint density at radius 2 is 2.11 bits per heavy atom. The van der Waals surface area contributed by atoms with Gasteiger partial charge in [0, 0.05) is 19.3 Å². The van der Waals surface area contributed by atoms with Gasteiger partial charge in [-0.3, -0.25) is 4.68 Å². The van der Waals surface area contributed by atoms with Gasteiger partial charge in [0.05, 0.1) is 24.1 Å². The van der Waals surface area contributed by atoms with Crippen LogP contribution in [0.25, 0.3) is 0 Å². The fourth-order valence-electron chi connectivity index (χ4n) is 2.03. The summed E-state index contributed by atoms with van der Waals surface area (Å²) < 4.78 is 3.87. The number of nitrogens with zero attached hydrogens (tertiary/aromatic N) is 4. The number of nitrogen functional groups attached to an aromatic ring is 1. The van der Waals surface area contributed by atoms with Gasteiger partial charge in [0.2, 0.25) is 0 Å². The van der Waals surface area contributed by atoms with Gasteiger partial charge in [0.25, 0.3) is 0 Å². The van der Waals surface area contributed by atoms with Gasteiger partial charge in [-0.05, 0) is 25.8 Å². The molecule has 0 atom stereocenters. The predicted molar refractivity (Wildman–Crippen MR) is 77.1 cm³/mol. The zero-order valence-corrected chi connectivity index (χ0v) is 11.8. The van der Waals surface area contributed by atoms with E-state index in [9.17, 15) is 0 Å². The Labute approximate surface area is 113 Å². The topological polar surface area (TPSA) is 73.7 Å². The van der Waals surface area contributed by atoms with E-state index in [1.807, 2.05) is 35.6 Å². The van der Waals surface area contributed by atoms with Crippen molar-refractivity contribution in [3.05, 3.63) is 23.7 Å². The summed E-state index contributed by atoms with van der Waals surface area (Å²) in [6.45, 7) is 8.56. The molecule has 0 aliphatic heterocycles. The largest absolute Gasteiger partial charge is 0.394 e. The summed E-state index contributed by atoms with van der Waals surface area (Å²) in [7, 11) is 0. The van der Waals surface area contributed by atoms with Crippen LogP contribution < -0.4 is 11.1 Å². The molecule has 6 heteroatoms. The zero-order valence-electron chi connectivity index (χ0n) is 11.8. The third-order valence-corrected chi connectivity index (χ3v) is 3.00. The first-order valence-corrected chi connectivity index (χ1v) is 6.67. The fourth-order valence-corrected chi connectivity index (χ4v) is 2.03. The van der Waals surface area contributed by atoms with Crippen molar-refractivity contribution >= 4 is 11.5 Å². The van der Waals surface area contributed by atoms with Crippen molar-refractivity contribution in [1.82, 2.24) is 19.6 Å². The summed E-state index contributed by atoms with van der Waals surface area (Å²) in [4.78, 5) is 0. The van der Waals surface area contributed by atoms with Crippen LogP contribution in [0.2, 0.25) is 0 Å². The molecule has 0 spiro atoms. The van der Waals surface area contributed by atoms with Gasteiger partial charge < -0.3 is 11.1 Å². The van der Waals surface area contributed by atoms with Crippen LogP contribution in [0.4, 0.5) is 11.5 Å². The molecule has 3 N–H and O–H groups in total. The Kier molecular flexibility index (Phi) is 4.09. The Balaban J connectivity index is 1.98. The van der Waals surface area contributed by atoms with Crippen LogP contribution in [0.5, 0.6) is 0 Å². The lowest BCUT2D eigenvalue weighted by Crippen LogP contribution is -2.15.